The molecule has 0 heterocycles. The van der Waals surface area contributed by atoms with Crippen molar-refractivity contribution in [3.63, 3.8) is 0 Å². The van der Waals surface area contributed by atoms with Gasteiger partial charge in [0.2, 0.25) is 0 Å². The summed E-state index contributed by atoms with van der Waals surface area (Å²) in [5.41, 5.74) is 0. The van der Waals surface area contributed by atoms with E-state index in [9.17, 15) is 14.4 Å². The molecular formula is C67H114O6. The van der Waals surface area contributed by atoms with E-state index in [1.807, 2.05) is 0 Å². The Morgan fingerprint density at radius 1 is 0.288 bits per heavy atom. The first-order valence-electron chi connectivity index (χ1n) is 30.7. The molecule has 0 amide bonds. The Morgan fingerprint density at radius 3 is 0.836 bits per heavy atom. The van der Waals surface area contributed by atoms with E-state index in [2.05, 4.69) is 118 Å². The number of unbranched alkanes of at least 4 members (excludes halogenated alkanes) is 28. The van der Waals surface area contributed by atoms with Crippen molar-refractivity contribution in [3.8, 4) is 0 Å². The predicted octanol–water partition coefficient (Wildman–Crippen LogP) is 20.9. The summed E-state index contributed by atoms with van der Waals surface area (Å²) in [6.07, 6.45) is 81.3. The average molecular weight is 1020 g/mol. The molecule has 0 fully saturated rings. The van der Waals surface area contributed by atoms with E-state index < -0.39 is 6.10 Å². The lowest BCUT2D eigenvalue weighted by Gasteiger charge is -2.18. The van der Waals surface area contributed by atoms with Crippen molar-refractivity contribution < 1.29 is 28.6 Å². The summed E-state index contributed by atoms with van der Waals surface area (Å²) < 4.78 is 16.8. The van der Waals surface area contributed by atoms with E-state index >= 15 is 0 Å². The van der Waals surface area contributed by atoms with Crippen LogP contribution in [-0.4, -0.2) is 37.2 Å². The van der Waals surface area contributed by atoms with Crippen LogP contribution in [0.15, 0.2) is 97.2 Å². The molecule has 6 nitrogen and oxygen atoms in total. The lowest BCUT2D eigenvalue weighted by molar-refractivity contribution is -0.167. The summed E-state index contributed by atoms with van der Waals surface area (Å²) in [4.78, 5) is 38.1. The van der Waals surface area contributed by atoms with Crippen LogP contribution >= 0.6 is 0 Å². The molecule has 418 valence electrons. The SMILES string of the molecule is CC/C=C\C/C=C\C/C=C\C/C=C\C/C=C\C/C=C\C/C=C\C/C=C\CCCCCCC(=O)OCC(COC(=O)CCCCCCCCCCC)OC(=O)CCCCCCCCCCCCCCCCCCC. The number of carbonyl (C=O) groups excluding carboxylic acids is 3. The van der Waals surface area contributed by atoms with E-state index in [0.29, 0.717) is 19.3 Å². The predicted molar refractivity (Wildman–Crippen MR) is 316 cm³/mol. The van der Waals surface area contributed by atoms with Gasteiger partial charge in [0.15, 0.2) is 6.10 Å². The zero-order valence-corrected chi connectivity index (χ0v) is 47.9. The molecule has 0 bridgehead atoms. The molecular weight excluding hydrogens is 901 g/mol. The van der Waals surface area contributed by atoms with Crippen molar-refractivity contribution >= 4 is 17.9 Å². The fourth-order valence-electron chi connectivity index (χ4n) is 8.52. The number of allylic oxidation sites excluding steroid dienone is 16. The molecule has 0 N–H and O–H groups in total. The van der Waals surface area contributed by atoms with Crippen LogP contribution in [0.3, 0.4) is 0 Å². The van der Waals surface area contributed by atoms with Gasteiger partial charge in [-0.3, -0.25) is 14.4 Å². The number of hydrogen-bond donors (Lipinski definition) is 0. The molecule has 0 radical (unpaired) electrons. The molecule has 0 rings (SSSR count). The maximum absolute atomic E-state index is 12.8. The van der Waals surface area contributed by atoms with Crippen molar-refractivity contribution in [2.75, 3.05) is 13.2 Å². The summed E-state index contributed by atoms with van der Waals surface area (Å²) in [5.74, 6) is -0.902. The topological polar surface area (TPSA) is 78.9 Å². The normalized spacial score (nSPS) is 12.8. The molecule has 1 atom stereocenters. The average Bonchev–Trinajstić information content (AvgIpc) is 3.39. The molecule has 6 heteroatoms. The number of carbonyl (C=O) groups is 3. The Bertz CT molecular complexity index is 1440. The van der Waals surface area contributed by atoms with Gasteiger partial charge in [-0.25, -0.2) is 0 Å². The second-order valence-electron chi connectivity index (χ2n) is 20.2. The molecule has 0 aliphatic rings. The zero-order valence-electron chi connectivity index (χ0n) is 47.9. The third kappa shape index (κ3) is 59.1. The van der Waals surface area contributed by atoms with Crippen LogP contribution in [0.25, 0.3) is 0 Å². The first kappa shape index (κ1) is 69.3. The number of esters is 3. The van der Waals surface area contributed by atoms with Crippen LogP contribution in [0, 0.1) is 0 Å². The van der Waals surface area contributed by atoms with Gasteiger partial charge in [-0.1, -0.05) is 285 Å². The van der Waals surface area contributed by atoms with Crippen LogP contribution in [-0.2, 0) is 28.6 Å². The molecule has 0 aromatic heterocycles. The third-order valence-corrected chi connectivity index (χ3v) is 13.1. The van der Waals surface area contributed by atoms with Gasteiger partial charge in [-0.2, -0.15) is 0 Å². The second kappa shape index (κ2) is 60.9. The van der Waals surface area contributed by atoms with Gasteiger partial charge in [0.1, 0.15) is 13.2 Å². The van der Waals surface area contributed by atoms with Gasteiger partial charge >= 0.3 is 17.9 Å². The molecule has 0 saturated carbocycles. The lowest BCUT2D eigenvalue weighted by Crippen LogP contribution is -2.30. The molecule has 1 unspecified atom stereocenters. The Hall–Kier alpha value is -3.67. The summed E-state index contributed by atoms with van der Waals surface area (Å²) in [7, 11) is 0. The highest BCUT2D eigenvalue weighted by molar-refractivity contribution is 5.71. The Kier molecular flexibility index (Phi) is 57.8. The van der Waals surface area contributed by atoms with Crippen LogP contribution in [0.4, 0.5) is 0 Å². The highest BCUT2D eigenvalue weighted by Crippen LogP contribution is 2.16. The Labute approximate surface area is 451 Å². The maximum Gasteiger partial charge on any atom is 0.306 e. The summed E-state index contributed by atoms with van der Waals surface area (Å²) in [6, 6.07) is 0. The van der Waals surface area contributed by atoms with Gasteiger partial charge < -0.3 is 14.2 Å². The van der Waals surface area contributed by atoms with Crippen LogP contribution in [0.1, 0.15) is 290 Å². The minimum Gasteiger partial charge on any atom is -0.462 e. The van der Waals surface area contributed by atoms with Gasteiger partial charge in [0.05, 0.1) is 0 Å². The molecule has 0 saturated heterocycles. The minimum atomic E-state index is -0.785. The summed E-state index contributed by atoms with van der Waals surface area (Å²) in [6.45, 7) is 6.51. The lowest BCUT2D eigenvalue weighted by atomic mass is 10.0. The maximum atomic E-state index is 12.8. The molecule has 0 aliphatic carbocycles. The van der Waals surface area contributed by atoms with Gasteiger partial charge in [0, 0.05) is 19.3 Å². The number of rotatable bonds is 55. The van der Waals surface area contributed by atoms with Crippen molar-refractivity contribution in [1.29, 1.82) is 0 Å². The molecule has 0 aromatic rings. The largest absolute Gasteiger partial charge is 0.462 e. The monoisotopic (exact) mass is 1010 g/mol. The van der Waals surface area contributed by atoms with E-state index in [1.165, 1.54) is 128 Å². The fraction of sp³-hybridized carbons (Fsp3) is 0.716. The first-order chi connectivity index (χ1) is 36.0. The zero-order chi connectivity index (χ0) is 52.9. The van der Waals surface area contributed by atoms with Gasteiger partial charge in [-0.15, -0.1) is 0 Å². The highest BCUT2D eigenvalue weighted by atomic mass is 16.6. The molecule has 73 heavy (non-hydrogen) atoms. The third-order valence-electron chi connectivity index (χ3n) is 13.1. The fourth-order valence-corrected chi connectivity index (χ4v) is 8.52. The first-order valence-corrected chi connectivity index (χ1v) is 30.7. The van der Waals surface area contributed by atoms with Crippen molar-refractivity contribution in [1.82, 2.24) is 0 Å². The van der Waals surface area contributed by atoms with E-state index in [-0.39, 0.29) is 31.1 Å². The number of ether oxygens (including phenoxy) is 3. The van der Waals surface area contributed by atoms with Gasteiger partial charge in [-0.05, 0) is 83.5 Å². The molecule has 0 aromatic carbocycles. The van der Waals surface area contributed by atoms with E-state index in [4.69, 9.17) is 14.2 Å². The molecule has 0 aliphatic heterocycles. The second-order valence-corrected chi connectivity index (χ2v) is 20.2. The summed E-state index contributed by atoms with van der Waals surface area (Å²) in [5, 5.41) is 0. The van der Waals surface area contributed by atoms with E-state index in [1.54, 1.807) is 0 Å². The summed E-state index contributed by atoms with van der Waals surface area (Å²) >= 11 is 0. The van der Waals surface area contributed by atoms with Crippen molar-refractivity contribution in [2.45, 2.75) is 297 Å². The minimum absolute atomic E-state index is 0.0822. The van der Waals surface area contributed by atoms with E-state index in [0.717, 1.165) is 122 Å². The van der Waals surface area contributed by atoms with Crippen LogP contribution in [0.5, 0.6) is 0 Å². The van der Waals surface area contributed by atoms with Crippen molar-refractivity contribution in [3.05, 3.63) is 97.2 Å². The van der Waals surface area contributed by atoms with Crippen LogP contribution in [0.2, 0.25) is 0 Å². The smallest absolute Gasteiger partial charge is 0.306 e. The Balaban J connectivity index is 4.28. The van der Waals surface area contributed by atoms with Crippen LogP contribution < -0.4 is 0 Å². The highest BCUT2D eigenvalue weighted by Gasteiger charge is 2.19. The van der Waals surface area contributed by atoms with Gasteiger partial charge in [0.25, 0.3) is 0 Å². The quantitative estimate of drug-likeness (QED) is 0.0261. The molecule has 0 spiro atoms. The Morgan fingerprint density at radius 2 is 0.534 bits per heavy atom. The van der Waals surface area contributed by atoms with Crippen molar-refractivity contribution in [2.24, 2.45) is 0 Å². The standard InChI is InChI=1S/C67H114O6/c1-4-7-10-13-16-19-21-23-25-27-28-29-30-31-32-33-34-35-36-37-38-40-41-43-45-48-51-54-57-60-66(69)72-63-64(62-71-65(68)59-56-53-50-47-18-15-12-9-6-3)73-67(70)61-58-55-52-49-46-44-42-39-26-24-22-20-17-14-11-8-5-2/h7,10,16,19,23,25,28-29,31-32,34-35,37-38,41,43,64H,4-6,8-9,11-15,17-18,20-22,24,26-27,30,33,36,39-40,42,44-63H2,1-3H3/b10-7-,19-16-,25-23-,29-28-,32-31-,35-34-,38-37-,43-41-. The number of hydrogen-bond acceptors (Lipinski definition) is 6.